The van der Waals surface area contributed by atoms with E-state index in [0.29, 0.717) is 17.6 Å². The Morgan fingerprint density at radius 3 is 3.05 bits per heavy atom. The van der Waals surface area contributed by atoms with Gasteiger partial charge < -0.3 is 20.1 Å². The van der Waals surface area contributed by atoms with Gasteiger partial charge in [0.15, 0.2) is 10.8 Å². The molecule has 2 atom stereocenters. The van der Waals surface area contributed by atoms with Gasteiger partial charge >= 0.3 is 6.16 Å². The minimum atomic E-state index is -1.30. The van der Waals surface area contributed by atoms with Gasteiger partial charge in [0.2, 0.25) is 5.95 Å². The average Bonchev–Trinajstić information content (AvgIpc) is 2.94. The molecule has 0 radical (unpaired) electrons. The van der Waals surface area contributed by atoms with Gasteiger partial charge in [0.05, 0.1) is 12.4 Å². The highest BCUT2D eigenvalue weighted by Crippen LogP contribution is 2.29. The molecule has 0 saturated heterocycles. The lowest BCUT2D eigenvalue weighted by atomic mass is 10.2. The zero-order valence-electron chi connectivity index (χ0n) is 10.1. The molecule has 2 heterocycles. The van der Waals surface area contributed by atoms with Crippen LogP contribution < -0.4 is 5.73 Å². The zero-order valence-corrected chi connectivity index (χ0v) is 10.9. The number of nitrogens with zero attached hydrogens (tertiary/aromatic N) is 4. The highest BCUT2D eigenvalue weighted by Gasteiger charge is 2.25. The van der Waals surface area contributed by atoms with Crippen molar-refractivity contribution in [3.8, 4) is 0 Å². The molecule has 0 unspecified atom stereocenters. The van der Waals surface area contributed by atoms with Crippen LogP contribution in [0.3, 0.4) is 0 Å². The molecular weight excluding hydrogens is 286 g/mol. The molecule has 2 aromatic heterocycles. The number of hydrogen-bond acceptors (Lipinski definition) is 6. The standard InChI is InChI=1S/C11H10ClN5O3/c12-8-7-9(16-10(13)15-8)17(4-14-7)5-1-2-6(3-5)20-11(18)19/h1-2,4-6H,3H2,(H,18,19)(H2,13,15,16)/t5-,6+/m1/s1. The van der Waals surface area contributed by atoms with Crippen LogP contribution in [0.4, 0.5) is 10.7 Å². The smallest absolute Gasteiger partial charge is 0.450 e. The molecule has 3 rings (SSSR count). The Morgan fingerprint density at radius 2 is 2.30 bits per heavy atom. The van der Waals surface area contributed by atoms with Crippen molar-refractivity contribution in [2.75, 3.05) is 5.73 Å². The number of nitrogens with two attached hydrogens (primary N) is 1. The molecule has 9 heteroatoms. The van der Waals surface area contributed by atoms with Crippen LogP contribution in [0.5, 0.6) is 0 Å². The van der Waals surface area contributed by atoms with Gasteiger partial charge in [-0.15, -0.1) is 0 Å². The molecule has 0 bridgehead atoms. The summed E-state index contributed by atoms with van der Waals surface area (Å²) >= 11 is 5.95. The first-order valence-electron chi connectivity index (χ1n) is 5.78. The molecule has 104 valence electrons. The summed E-state index contributed by atoms with van der Waals surface area (Å²) in [7, 11) is 0. The highest BCUT2D eigenvalue weighted by atomic mass is 35.5. The van der Waals surface area contributed by atoms with Crippen molar-refractivity contribution >= 4 is 34.9 Å². The van der Waals surface area contributed by atoms with Crippen LogP contribution >= 0.6 is 11.6 Å². The molecule has 0 amide bonds. The van der Waals surface area contributed by atoms with Crippen molar-refractivity contribution in [3.63, 3.8) is 0 Å². The first kappa shape index (κ1) is 12.7. The Kier molecular flexibility index (Phi) is 2.94. The number of halogens is 1. The lowest BCUT2D eigenvalue weighted by Gasteiger charge is -2.13. The molecule has 2 aromatic rings. The van der Waals surface area contributed by atoms with Crippen molar-refractivity contribution in [1.82, 2.24) is 19.5 Å². The first-order chi connectivity index (χ1) is 9.54. The second kappa shape index (κ2) is 4.64. The second-order valence-corrected chi connectivity index (χ2v) is 4.66. The van der Waals surface area contributed by atoms with Crippen LogP contribution in [-0.2, 0) is 4.74 Å². The van der Waals surface area contributed by atoms with E-state index < -0.39 is 12.3 Å². The summed E-state index contributed by atoms with van der Waals surface area (Å²) in [5.41, 5.74) is 6.54. The number of carboxylic acid groups (broad SMARTS) is 1. The maximum atomic E-state index is 10.5. The van der Waals surface area contributed by atoms with Crippen LogP contribution in [0.15, 0.2) is 18.5 Å². The van der Waals surface area contributed by atoms with Gasteiger partial charge in [-0.2, -0.15) is 9.97 Å². The molecule has 0 aliphatic heterocycles. The van der Waals surface area contributed by atoms with Gasteiger partial charge in [-0.05, 0) is 6.08 Å². The van der Waals surface area contributed by atoms with E-state index in [1.54, 1.807) is 17.0 Å². The van der Waals surface area contributed by atoms with Gasteiger partial charge in [0.1, 0.15) is 11.6 Å². The Labute approximate surface area is 117 Å². The molecular formula is C11H10ClN5O3. The lowest BCUT2D eigenvalue weighted by Crippen LogP contribution is -2.15. The molecule has 0 saturated carbocycles. The molecule has 0 aromatic carbocycles. The van der Waals surface area contributed by atoms with E-state index in [1.165, 1.54) is 0 Å². The van der Waals surface area contributed by atoms with Crippen molar-refractivity contribution in [3.05, 3.63) is 23.6 Å². The van der Waals surface area contributed by atoms with Crippen LogP contribution in [0.1, 0.15) is 12.5 Å². The Hall–Kier alpha value is -2.35. The van der Waals surface area contributed by atoms with Crippen molar-refractivity contribution in [2.45, 2.75) is 18.6 Å². The quantitative estimate of drug-likeness (QED) is 0.491. The summed E-state index contributed by atoms with van der Waals surface area (Å²) in [6.45, 7) is 0. The number of anilines is 1. The predicted molar refractivity (Wildman–Crippen MR) is 70.4 cm³/mol. The SMILES string of the molecule is Nc1nc(Cl)c2ncn([C@@H]3C=C[C@H](OC(=O)O)C3)c2n1. The van der Waals surface area contributed by atoms with E-state index in [4.69, 9.17) is 27.2 Å². The molecule has 20 heavy (non-hydrogen) atoms. The molecule has 1 aliphatic carbocycles. The third kappa shape index (κ3) is 2.14. The van der Waals surface area contributed by atoms with Gasteiger partial charge in [-0.25, -0.2) is 9.78 Å². The summed E-state index contributed by atoms with van der Waals surface area (Å²) in [5.74, 6) is 0.0598. The van der Waals surface area contributed by atoms with Crippen LogP contribution in [-0.4, -0.2) is 36.9 Å². The number of hydrogen-bond donors (Lipinski definition) is 2. The summed E-state index contributed by atoms with van der Waals surface area (Å²) in [6.07, 6.45) is 3.79. The van der Waals surface area contributed by atoms with Gasteiger partial charge in [-0.1, -0.05) is 17.7 Å². The minimum Gasteiger partial charge on any atom is -0.450 e. The number of aromatic nitrogens is 4. The summed E-state index contributed by atoms with van der Waals surface area (Å²) in [5, 5.41) is 8.79. The fraction of sp³-hybridized carbons (Fsp3) is 0.273. The maximum Gasteiger partial charge on any atom is 0.506 e. The van der Waals surface area contributed by atoms with Crippen LogP contribution in [0.25, 0.3) is 11.2 Å². The van der Waals surface area contributed by atoms with E-state index in [1.807, 2.05) is 6.08 Å². The predicted octanol–water partition coefficient (Wildman–Crippen LogP) is 1.63. The number of allylic oxidation sites excluding steroid dienone is 1. The highest BCUT2D eigenvalue weighted by molar-refractivity contribution is 6.33. The minimum absolute atomic E-state index is 0.0598. The molecule has 0 spiro atoms. The monoisotopic (exact) mass is 295 g/mol. The number of rotatable bonds is 2. The Balaban J connectivity index is 1.93. The number of fused-ring (bicyclic) bond motifs is 1. The van der Waals surface area contributed by atoms with Crippen molar-refractivity contribution in [1.29, 1.82) is 0 Å². The largest absolute Gasteiger partial charge is 0.506 e. The topological polar surface area (TPSA) is 116 Å². The fourth-order valence-corrected chi connectivity index (χ4v) is 2.43. The Bertz CT molecular complexity index is 713. The third-order valence-electron chi connectivity index (χ3n) is 3.03. The zero-order chi connectivity index (χ0) is 14.3. The van der Waals surface area contributed by atoms with E-state index in [-0.39, 0.29) is 17.1 Å². The molecule has 0 fully saturated rings. The van der Waals surface area contributed by atoms with Crippen molar-refractivity contribution in [2.24, 2.45) is 0 Å². The van der Waals surface area contributed by atoms with Crippen LogP contribution in [0, 0.1) is 0 Å². The summed E-state index contributed by atoms with van der Waals surface area (Å²) in [4.78, 5) is 22.6. The second-order valence-electron chi connectivity index (χ2n) is 4.31. The fourth-order valence-electron chi connectivity index (χ4n) is 2.21. The van der Waals surface area contributed by atoms with Crippen molar-refractivity contribution < 1.29 is 14.6 Å². The van der Waals surface area contributed by atoms with E-state index in [2.05, 4.69) is 15.0 Å². The van der Waals surface area contributed by atoms with Gasteiger partial charge in [-0.3, -0.25) is 0 Å². The van der Waals surface area contributed by atoms with Gasteiger partial charge in [0.25, 0.3) is 0 Å². The normalized spacial score (nSPS) is 21.4. The third-order valence-corrected chi connectivity index (χ3v) is 3.29. The summed E-state index contributed by atoms with van der Waals surface area (Å²) in [6, 6.07) is -0.116. The average molecular weight is 296 g/mol. The van der Waals surface area contributed by atoms with E-state index in [9.17, 15) is 4.79 Å². The molecule has 3 N–H and O–H groups in total. The number of carbonyl (C=O) groups is 1. The molecule has 8 nitrogen and oxygen atoms in total. The first-order valence-corrected chi connectivity index (χ1v) is 6.16. The number of ether oxygens (including phenoxy) is 1. The van der Waals surface area contributed by atoms with E-state index >= 15 is 0 Å². The van der Waals surface area contributed by atoms with E-state index in [0.717, 1.165) is 0 Å². The Morgan fingerprint density at radius 1 is 1.50 bits per heavy atom. The van der Waals surface area contributed by atoms with Gasteiger partial charge in [0, 0.05) is 6.42 Å². The lowest BCUT2D eigenvalue weighted by molar-refractivity contribution is 0.0667. The molecule has 1 aliphatic rings. The maximum absolute atomic E-state index is 10.5. The van der Waals surface area contributed by atoms with Crippen LogP contribution in [0.2, 0.25) is 5.15 Å². The number of nitrogen functional groups attached to an aromatic ring is 1. The summed E-state index contributed by atoms with van der Waals surface area (Å²) < 4.78 is 6.48. The number of imidazole rings is 1.